The van der Waals surface area contributed by atoms with Crippen LogP contribution in [0.25, 0.3) is 11.4 Å². The molecule has 3 aromatic rings. The van der Waals surface area contributed by atoms with Crippen LogP contribution in [0.2, 0.25) is 0 Å². The molecule has 0 saturated carbocycles. The second kappa shape index (κ2) is 7.74. The quantitative estimate of drug-likeness (QED) is 0.646. The van der Waals surface area contributed by atoms with Gasteiger partial charge in [0.2, 0.25) is 5.91 Å². The van der Waals surface area contributed by atoms with E-state index in [4.69, 9.17) is 0 Å². The molecule has 0 N–H and O–H groups in total. The first-order valence-electron chi connectivity index (χ1n) is 8.37. The first-order chi connectivity index (χ1) is 12.5. The molecule has 6 heteroatoms. The molecule has 1 heterocycles. The van der Waals surface area contributed by atoms with Crippen LogP contribution in [0.3, 0.4) is 0 Å². The summed E-state index contributed by atoms with van der Waals surface area (Å²) in [6.07, 6.45) is 0. The third kappa shape index (κ3) is 3.65. The van der Waals surface area contributed by atoms with Gasteiger partial charge in [0.05, 0.1) is 0 Å². The highest BCUT2D eigenvalue weighted by atomic mass is 32.2. The van der Waals surface area contributed by atoms with Crippen LogP contribution >= 0.6 is 11.8 Å². The maximum atomic E-state index is 12.7. The minimum absolute atomic E-state index is 0.0293. The van der Waals surface area contributed by atoms with E-state index in [1.807, 2.05) is 60.1 Å². The molecule has 1 amide bonds. The van der Waals surface area contributed by atoms with E-state index in [0.29, 0.717) is 5.16 Å². The van der Waals surface area contributed by atoms with Gasteiger partial charge in [-0.1, -0.05) is 66.4 Å². The summed E-state index contributed by atoms with van der Waals surface area (Å²) in [5.41, 5.74) is 3.14. The lowest BCUT2D eigenvalue weighted by atomic mass is 10.1. The number of amides is 1. The second-order valence-corrected chi connectivity index (χ2v) is 7.39. The van der Waals surface area contributed by atoms with Crippen LogP contribution in [0, 0.1) is 6.92 Å². The summed E-state index contributed by atoms with van der Waals surface area (Å²) in [5.74, 6) is 0.830. The van der Waals surface area contributed by atoms with Crippen LogP contribution in [0.15, 0.2) is 59.8 Å². The van der Waals surface area contributed by atoms with Gasteiger partial charge in [-0.15, -0.1) is 10.2 Å². The minimum Gasteiger partial charge on any atom is -0.348 e. The Balaban J connectivity index is 1.96. The van der Waals surface area contributed by atoms with Gasteiger partial charge in [0.25, 0.3) is 0 Å². The molecule has 0 spiro atoms. The Morgan fingerprint density at radius 1 is 1.04 bits per heavy atom. The fourth-order valence-electron chi connectivity index (χ4n) is 2.70. The lowest BCUT2D eigenvalue weighted by molar-refractivity contribution is -0.128. The molecule has 5 nitrogen and oxygen atoms in total. The van der Waals surface area contributed by atoms with Crippen molar-refractivity contribution in [2.24, 2.45) is 7.05 Å². The van der Waals surface area contributed by atoms with Gasteiger partial charge in [0.1, 0.15) is 5.25 Å². The smallest absolute Gasteiger partial charge is 0.240 e. The van der Waals surface area contributed by atoms with E-state index in [1.54, 1.807) is 19.0 Å². The highest BCUT2D eigenvalue weighted by Gasteiger charge is 2.26. The van der Waals surface area contributed by atoms with Gasteiger partial charge in [-0.3, -0.25) is 4.79 Å². The van der Waals surface area contributed by atoms with Crippen molar-refractivity contribution < 1.29 is 4.79 Å². The minimum atomic E-state index is -0.362. The Kier molecular flexibility index (Phi) is 5.42. The highest BCUT2D eigenvalue weighted by molar-refractivity contribution is 8.00. The molecule has 134 valence electrons. The van der Waals surface area contributed by atoms with E-state index in [9.17, 15) is 4.79 Å². The van der Waals surface area contributed by atoms with Crippen LogP contribution in [0.1, 0.15) is 16.4 Å². The van der Waals surface area contributed by atoms with E-state index >= 15 is 0 Å². The number of aryl methyl sites for hydroxylation is 1. The van der Waals surface area contributed by atoms with Crippen molar-refractivity contribution in [1.29, 1.82) is 0 Å². The number of benzene rings is 2. The van der Waals surface area contributed by atoms with Crippen molar-refractivity contribution in [3.8, 4) is 11.4 Å². The average Bonchev–Trinajstić information content (AvgIpc) is 3.00. The Morgan fingerprint density at radius 3 is 2.35 bits per heavy atom. The topological polar surface area (TPSA) is 51.0 Å². The predicted molar refractivity (Wildman–Crippen MR) is 105 cm³/mol. The molecule has 3 rings (SSSR count). The van der Waals surface area contributed by atoms with Crippen LogP contribution in [0.4, 0.5) is 0 Å². The lowest BCUT2D eigenvalue weighted by Crippen LogP contribution is -2.26. The molecule has 0 aliphatic heterocycles. The normalized spacial score (nSPS) is 12.0. The van der Waals surface area contributed by atoms with Crippen molar-refractivity contribution in [2.75, 3.05) is 14.1 Å². The van der Waals surface area contributed by atoms with Crippen molar-refractivity contribution in [3.63, 3.8) is 0 Å². The van der Waals surface area contributed by atoms with Crippen LogP contribution in [-0.4, -0.2) is 39.7 Å². The molecule has 0 bridgehead atoms. The fourth-order valence-corrected chi connectivity index (χ4v) is 3.85. The Bertz CT molecular complexity index is 905. The SMILES string of the molecule is Cc1ccccc1-c1nnc(SC(C(=O)N(C)C)c2ccccc2)n1C. The monoisotopic (exact) mass is 366 g/mol. The zero-order valence-corrected chi connectivity index (χ0v) is 16.2. The molecule has 1 unspecified atom stereocenters. The molecular weight excluding hydrogens is 344 g/mol. The van der Waals surface area contributed by atoms with E-state index in [0.717, 1.165) is 22.5 Å². The Hall–Kier alpha value is -2.60. The molecule has 0 aliphatic rings. The number of thioether (sulfide) groups is 1. The fraction of sp³-hybridized carbons (Fsp3) is 0.250. The van der Waals surface area contributed by atoms with E-state index in [-0.39, 0.29) is 11.2 Å². The average molecular weight is 366 g/mol. The van der Waals surface area contributed by atoms with Crippen LogP contribution in [-0.2, 0) is 11.8 Å². The van der Waals surface area contributed by atoms with E-state index in [2.05, 4.69) is 23.2 Å². The van der Waals surface area contributed by atoms with Crippen molar-refractivity contribution in [3.05, 3.63) is 65.7 Å². The van der Waals surface area contributed by atoms with E-state index in [1.165, 1.54) is 11.8 Å². The Labute approximate surface area is 158 Å². The van der Waals surface area contributed by atoms with Crippen LogP contribution < -0.4 is 0 Å². The molecular formula is C20H22N4OS. The molecule has 0 saturated heterocycles. The molecule has 1 aromatic heterocycles. The van der Waals surface area contributed by atoms with Gasteiger partial charge in [0, 0.05) is 26.7 Å². The number of nitrogens with zero attached hydrogens (tertiary/aromatic N) is 4. The first kappa shape index (κ1) is 18.2. The molecule has 0 radical (unpaired) electrons. The van der Waals surface area contributed by atoms with Gasteiger partial charge < -0.3 is 9.47 Å². The summed E-state index contributed by atoms with van der Waals surface area (Å²) in [6, 6.07) is 17.9. The number of carbonyl (C=O) groups is 1. The largest absolute Gasteiger partial charge is 0.348 e. The number of hydrogen-bond acceptors (Lipinski definition) is 4. The van der Waals surface area contributed by atoms with Gasteiger partial charge >= 0.3 is 0 Å². The number of carbonyl (C=O) groups excluding carboxylic acids is 1. The third-order valence-corrected chi connectivity index (χ3v) is 5.49. The molecule has 0 fully saturated rings. The Morgan fingerprint density at radius 2 is 1.69 bits per heavy atom. The highest BCUT2D eigenvalue weighted by Crippen LogP contribution is 2.36. The van der Waals surface area contributed by atoms with Crippen molar-refractivity contribution in [2.45, 2.75) is 17.3 Å². The first-order valence-corrected chi connectivity index (χ1v) is 9.25. The predicted octanol–water partition coefficient (Wildman–Crippen LogP) is 3.71. The molecule has 0 aliphatic carbocycles. The maximum absolute atomic E-state index is 12.7. The van der Waals surface area contributed by atoms with Crippen molar-refractivity contribution >= 4 is 17.7 Å². The van der Waals surface area contributed by atoms with Gasteiger partial charge in [0.15, 0.2) is 11.0 Å². The number of rotatable bonds is 5. The molecule has 1 atom stereocenters. The summed E-state index contributed by atoms with van der Waals surface area (Å²) < 4.78 is 1.95. The third-order valence-electron chi connectivity index (χ3n) is 4.21. The summed E-state index contributed by atoms with van der Waals surface area (Å²) in [6.45, 7) is 2.05. The zero-order valence-electron chi connectivity index (χ0n) is 15.4. The standard InChI is InChI=1S/C20H22N4OS/c1-14-10-8-9-13-16(14)18-21-22-20(24(18)4)26-17(19(25)23(2)3)15-11-6-5-7-12-15/h5-13,17H,1-4H3. The van der Waals surface area contributed by atoms with E-state index < -0.39 is 0 Å². The van der Waals surface area contributed by atoms with Gasteiger partial charge in [-0.05, 0) is 18.1 Å². The number of hydrogen-bond donors (Lipinski definition) is 0. The van der Waals surface area contributed by atoms with Crippen LogP contribution in [0.5, 0.6) is 0 Å². The second-order valence-electron chi connectivity index (χ2n) is 6.32. The number of aromatic nitrogens is 3. The zero-order chi connectivity index (χ0) is 18.7. The lowest BCUT2D eigenvalue weighted by Gasteiger charge is -2.20. The van der Waals surface area contributed by atoms with Gasteiger partial charge in [-0.25, -0.2) is 0 Å². The summed E-state index contributed by atoms with van der Waals surface area (Å²) in [5, 5.41) is 9.06. The van der Waals surface area contributed by atoms with Gasteiger partial charge in [-0.2, -0.15) is 0 Å². The molecule has 2 aromatic carbocycles. The maximum Gasteiger partial charge on any atom is 0.240 e. The summed E-state index contributed by atoms with van der Waals surface area (Å²) >= 11 is 1.42. The number of likely N-dealkylation sites (N-methyl/N-ethyl adjacent to an activating group) is 1. The summed E-state index contributed by atoms with van der Waals surface area (Å²) in [4.78, 5) is 14.4. The summed E-state index contributed by atoms with van der Waals surface area (Å²) in [7, 11) is 5.48. The van der Waals surface area contributed by atoms with Crippen molar-refractivity contribution in [1.82, 2.24) is 19.7 Å². The molecule has 26 heavy (non-hydrogen) atoms.